The molecule has 2 saturated heterocycles. The monoisotopic (exact) mass is 388 g/mol. The zero-order valence-electron chi connectivity index (χ0n) is 15.4. The van der Waals surface area contributed by atoms with Gasteiger partial charge >= 0.3 is 0 Å². The molecular formula is C20H25ClN4O2. The third-order valence-electron chi connectivity index (χ3n) is 5.32. The van der Waals surface area contributed by atoms with Crippen LogP contribution >= 0.6 is 11.6 Å². The van der Waals surface area contributed by atoms with E-state index >= 15 is 0 Å². The van der Waals surface area contributed by atoms with Gasteiger partial charge in [0.25, 0.3) is 0 Å². The van der Waals surface area contributed by atoms with Crippen LogP contribution in [0.1, 0.15) is 18.7 Å². The molecule has 0 radical (unpaired) electrons. The third kappa shape index (κ3) is 4.69. The summed E-state index contributed by atoms with van der Waals surface area (Å²) in [5, 5.41) is 0.708. The number of benzene rings is 1. The van der Waals surface area contributed by atoms with Crippen molar-refractivity contribution in [1.82, 2.24) is 19.7 Å². The van der Waals surface area contributed by atoms with Crippen LogP contribution in [0.15, 0.2) is 34.9 Å². The SMILES string of the molecule is O=C(CN1CCN(Cc2ncc(-c3ccc(Cl)cc3)o2)CC1)N1CCCC1. The molecule has 0 N–H and O–H groups in total. The van der Waals surface area contributed by atoms with Gasteiger partial charge in [0.05, 0.1) is 19.3 Å². The minimum atomic E-state index is 0.279. The van der Waals surface area contributed by atoms with Gasteiger partial charge < -0.3 is 9.32 Å². The van der Waals surface area contributed by atoms with Gasteiger partial charge in [-0.2, -0.15) is 0 Å². The summed E-state index contributed by atoms with van der Waals surface area (Å²) < 4.78 is 5.90. The molecule has 2 aliphatic heterocycles. The number of aromatic nitrogens is 1. The van der Waals surface area contributed by atoms with E-state index in [-0.39, 0.29) is 5.91 Å². The lowest BCUT2D eigenvalue weighted by Gasteiger charge is -2.34. The maximum Gasteiger partial charge on any atom is 0.236 e. The fourth-order valence-corrected chi connectivity index (χ4v) is 3.81. The highest BCUT2D eigenvalue weighted by molar-refractivity contribution is 6.30. The molecule has 1 aromatic heterocycles. The van der Waals surface area contributed by atoms with Crippen LogP contribution in [0.25, 0.3) is 11.3 Å². The first-order valence-corrected chi connectivity index (χ1v) is 9.98. The van der Waals surface area contributed by atoms with Crippen molar-refractivity contribution in [2.45, 2.75) is 19.4 Å². The smallest absolute Gasteiger partial charge is 0.236 e. The standard InChI is InChI=1S/C20H25ClN4O2/c21-17-5-3-16(4-6-17)18-13-22-19(27-18)14-23-9-11-24(12-10-23)15-20(26)25-7-1-2-8-25/h3-6,13H,1-2,7-12,14-15H2. The van der Waals surface area contributed by atoms with E-state index in [4.69, 9.17) is 16.0 Å². The van der Waals surface area contributed by atoms with Gasteiger partial charge in [-0.3, -0.25) is 14.6 Å². The lowest BCUT2D eigenvalue weighted by molar-refractivity contribution is -0.131. The van der Waals surface area contributed by atoms with E-state index in [2.05, 4.69) is 14.8 Å². The first-order chi connectivity index (χ1) is 13.2. The van der Waals surface area contributed by atoms with Gasteiger partial charge in [-0.25, -0.2) is 4.98 Å². The fraction of sp³-hybridized carbons (Fsp3) is 0.500. The molecule has 27 heavy (non-hydrogen) atoms. The van der Waals surface area contributed by atoms with Crippen LogP contribution in [0.4, 0.5) is 0 Å². The van der Waals surface area contributed by atoms with Crippen molar-refractivity contribution in [2.75, 3.05) is 45.8 Å². The van der Waals surface area contributed by atoms with E-state index in [1.807, 2.05) is 29.2 Å². The largest absolute Gasteiger partial charge is 0.439 e. The highest BCUT2D eigenvalue weighted by Crippen LogP contribution is 2.23. The Morgan fingerprint density at radius 3 is 2.37 bits per heavy atom. The minimum absolute atomic E-state index is 0.279. The number of carbonyl (C=O) groups is 1. The number of halogens is 1. The lowest BCUT2D eigenvalue weighted by Crippen LogP contribution is -2.49. The number of likely N-dealkylation sites (tertiary alicyclic amines) is 1. The second-order valence-electron chi connectivity index (χ2n) is 7.27. The Morgan fingerprint density at radius 2 is 1.67 bits per heavy atom. The lowest BCUT2D eigenvalue weighted by atomic mass is 10.2. The number of amides is 1. The number of rotatable bonds is 5. The molecular weight excluding hydrogens is 364 g/mol. The molecule has 0 saturated carbocycles. The number of oxazole rings is 1. The van der Waals surface area contributed by atoms with Gasteiger partial charge in [-0.1, -0.05) is 11.6 Å². The Hall–Kier alpha value is -1.89. The molecule has 0 bridgehead atoms. The zero-order chi connectivity index (χ0) is 18.6. The zero-order valence-corrected chi connectivity index (χ0v) is 16.2. The molecule has 4 rings (SSSR count). The second-order valence-corrected chi connectivity index (χ2v) is 7.70. The third-order valence-corrected chi connectivity index (χ3v) is 5.58. The average Bonchev–Trinajstić information content (AvgIpc) is 3.36. The van der Waals surface area contributed by atoms with E-state index in [9.17, 15) is 4.79 Å². The summed E-state index contributed by atoms with van der Waals surface area (Å²) in [6.07, 6.45) is 4.06. The highest BCUT2D eigenvalue weighted by Gasteiger charge is 2.24. The van der Waals surface area contributed by atoms with E-state index < -0.39 is 0 Å². The molecule has 2 fully saturated rings. The van der Waals surface area contributed by atoms with Crippen LogP contribution < -0.4 is 0 Å². The molecule has 1 aromatic carbocycles. The first-order valence-electron chi connectivity index (χ1n) is 9.60. The van der Waals surface area contributed by atoms with Gasteiger partial charge in [-0.05, 0) is 37.1 Å². The normalized spacial score (nSPS) is 18.9. The maximum absolute atomic E-state index is 12.3. The summed E-state index contributed by atoms with van der Waals surface area (Å²) in [5.74, 6) is 1.76. The summed E-state index contributed by atoms with van der Waals surface area (Å²) in [5.41, 5.74) is 0.975. The molecule has 0 atom stereocenters. The van der Waals surface area contributed by atoms with E-state index in [0.29, 0.717) is 18.1 Å². The maximum atomic E-state index is 12.3. The van der Waals surface area contributed by atoms with Crippen molar-refractivity contribution >= 4 is 17.5 Å². The Bertz CT molecular complexity index is 763. The molecule has 6 nitrogen and oxygen atoms in total. The van der Waals surface area contributed by atoms with Crippen LogP contribution in [0.5, 0.6) is 0 Å². The average molecular weight is 389 g/mol. The van der Waals surface area contributed by atoms with Crippen LogP contribution in [0.3, 0.4) is 0 Å². The van der Waals surface area contributed by atoms with Crippen molar-refractivity contribution in [3.05, 3.63) is 41.4 Å². The Balaban J connectivity index is 1.26. The quantitative estimate of drug-likeness (QED) is 0.788. The molecule has 7 heteroatoms. The van der Waals surface area contributed by atoms with Crippen molar-refractivity contribution in [2.24, 2.45) is 0 Å². The van der Waals surface area contributed by atoms with Gasteiger partial charge in [-0.15, -0.1) is 0 Å². The van der Waals surface area contributed by atoms with Gasteiger partial charge in [0, 0.05) is 49.9 Å². The Labute approximate surface area is 164 Å². The van der Waals surface area contributed by atoms with Crippen LogP contribution in [0, 0.1) is 0 Å². The Kier molecular flexibility index (Phi) is 5.76. The van der Waals surface area contributed by atoms with E-state index in [1.165, 1.54) is 0 Å². The van der Waals surface area contributed by atoms with Gasteiger partial charge in [0.1, 0.15) is 0 Å². The summed E-state index contributed by atoms with van der Waals surface area (Å²) >= 11 is 5.93. The number of hydrogen-bond donors (Lipinski definition) is 0. The molecule has 144 valence electrons. The number of carbonyl (C=O) groups excluding carboxylic acids is 1. The predicted octanol–water partition coefficient (Wildman–Crippen LogP) is 2.74. The summed E-state index contributed by atoms with van der Waals surface area (Å²) in [4.78, 5) is 23.3. The van der Waals surface area contributed by atoms with Gasteiger partial charge in [0.2, 0.25) is 11.8 Å². The van der Waals surface area contributed by atoms with Gasteiger partial charge in [0.15, 0.2) is 5.76 Å². The Morgan fingerprint density at radius 1 is 1.00 bits per heavy atom. The van der Waals surface area contributed by atoms with Crippen LogP contribution in [0.2, 0.25) is 5.02 Å². The molecule has 2 aromatic rings. The predicted molar refractivity (Wildman–Crippen MR) is 104 cm³/mol. The summed E-state index contributed by atoms with van der Waals surface area (Å²) in [7, 11) is 0. The summed E-state index contributed by atoms with van der Waals surface area (Å²) in [6, 6.07) is 7.56. The second kappa shape index (κ2) is 8.42. The minimum Gasteiger partial charge on any atom is -0.439 e. The highest BCUT2D eigenvalue weighted by atomic mass is 35.5. The topological polar surface area (TPSA) is 52.8 Å². The van der Waals surface area contributed by atoms with E-state index in [0.717, 1.165) is 69.3 Å². The number of nitrogens with zero attached hydrogens (tertiary/aromatic N) is 4. The number of hydrogen-bond acceptors (Lipinski definition) is 5. The van der Waals surface area contributed by atoms with Crippen LogP contribution in [-0.2, 0) is 11.3 Å². The molecule has 0 unspecified atom stereocenters. The first kappa shape index (κ1) is 18.5. The molecule has 1 amide bonds. The van der Waals surface area contributed by atoms with Crippen molar-refractivity contribution in [1.29, 1.82) is 0 Å². The summed E-state index contributed by atoms with van der Waals surface area (Å²) in [6.45, 7) is 6.76. The van der Waals surface area contributed by atoms with E-state index in [1.54, 1.807) is 6.20 Å². The van der Waals surface area contributed by atoms with Crippen molar-refractivity contribution in [3.8, 4) is 11.3 Å². The molecule has 0 aliphatic carbocycles. The molecule has 3 heterocycles. The van der Waals surface area contributed by atoms with Crippen LogP contribution in [-0.4, -0.2) is 71.4 Å². The van der Waals surface area contributed by atoms with Crippen molar-refractivity contribution in [3.63, 3.8) is 0 Å². The molecule has 0 spiro atoms. The number of piperazine rings is 1. The van der Waals surface area contributed by atoms with Crippen molar-refractivity contribution < 1.29 is 9.21 Å². The molecule has 2 aliphatic rings. The fourth-order valence-electron chi connectivity index (χ4n) is 3.69.